The molecule has 5 rings (SSSR count). The Labute approximate surface area is 236 Å². The van der Waals surface area contributed by atoms with Gasteiger partial charge in [0.25, 0.3) is 0 Å². The number of benzene rings is 1. The molecule has 1 aliphatic heterocycles. The molecule has 1 aromatic rings. The molecule has 1 aromatic carbocycles. The van der Waals surface area contributed by atoms with Gasteiger partial charge in [-0.15, -0.1) is 0 Å². The van der Waals surface area contributed by atoms with Gasteiger partial charge < -0.3 is 14.6 Å². The van der Waals surface area contributed by atoms with E-state index in [-0.39, 0.29) is 34.8 Å². The topological polar surface area (TPSA) is 72.8 Å². The summed E-state index contributed by atoms with van der Waals surface area (Å²) in [5.74, 6) is 0.326. The van der Waals surface area contributed by atoms with E-state index < -0.39 is 5.60 Å². The minimum atomic E-state index is -0.657. The minimum Gasteiger partial charge on any atom is -0.483 e. The third-order valence-electron chi connectivity index (χ3n) is 8.20. The van der Waals surface area contributed by atoms with Crippen LogP contribution in [0.25, 0.3) is 5.57 Å². The average molecular weight is 539 g/mol. The van der Waals surface area contributed by atoms with Crippen molar-refractivity contribution in [1.29, 1.82) is 0 Å². The minimum absolute atomic E-state index is 0.00926. The van der Waals surface area contributed by atoms with E-state index in [0.29, 0.717) is 17.6 Å². The van der Waals surface area contributed by atoms with Crippen molar-refractivity contribution in [2.24, 2.45) is 16.2 Å². The second-order valence-corrected chi connectivity index (χ2v) is 14.6. The van der Waals surface area contributed by atoms with Crippen LogP contribution in [0.5, 0.6) is 0 Å². The number of aliphatic hydroxyl groups is 1. The first kappa shape index (κ1) is 31.1. The van der Waals surface area contributed by atoms with Gasteiger partial charge in [-0.05, 0) is 87.2 Å². The Morgan fingerprint density at radius 2 is 1.46 bits per heavy atom. The number of esters is 1. The fourth-order valence-corrected chi connectivity index (χ4v) is 5.93. The van der Waals surface area contributed by atoms with Gasteiger partial charge >= 0.3 is 5.97 Å². The molecular formula is C34H50O5. The van der Waals surface area contributed by atoms with Crippen molar-refractivity contribution in [2.45, 2.75) is 125 Å². The van der Waals surface area contributed by atoms with Crippen LogP contribution in [0, 0.1) is 23.2 Å². The summed E-state index contributed by atoms with van der Waals surface area (Å²) in [4.78, 5) is 23.0. The van der Waals surface area contributed by atoms with Crippen LogP contribution in [-0.4, -0.2) is 34.7 Å². The molecule has 216 valence electrons. The molecule has 0 spiro atoms. The highest BCUT2D eigenvalue weighted by Gasteiger charge is 2.44. The number of ketones is 1. The fraction of sp³-hybridized carbons (Fsp3) is 0.647. The normalized spacial score (nSPS) is 27.4. The third-order valence-corrected chi connectivity index (χ3v) is 8.20. The Kier molecular flexibility index (Phi) is 9.26. The van der Waals surface area contributed by atoms with Crippen molar-refractivity contribution in [3.63, 3.8) is 0 Å². The molecule has 0 aromatic heterocycles. The molecule has 5 heteroatoms. The molecule has 0 bridgehead atoms. The van der Waals surface area contributed by atoms with Gasteiger partial charge in [-0.25, -0.2) is 4.79 Å². The molecule has 0 radical (unpaired) electrons. The number of carbonyl (C=O) groups is 2. The van der Waals surface area contributed by atoms with Crippen molar-refractivity contribution in [3.05, 3.63) is 53.3 Å². The zero-order valence-electron chi connectivity index (χ0n) is 25.6. The van der Waals surface area contributed by atoms with E-state index in [1.165, 1.54) is 12.0 Å². The molecule has 0 saturated heterocycles. The Hall–Kier alpha value is -2.40. The molecule has 0 amide bonds. The molecule has 2 atom stereocenters. The van der Waals surface area contributed by atoms with Crippen LogP contribution in [0.4, 0.5) is 0 Å². The number of aryl methyl sites for hydroxylation is 1. The van der Waals surface area contributed by atoms with Crippen molar-refractivity contribution in [3.8, 4) is 0 Å². The van der Waals surface area contributed by atoms with Crippen LogP contribution in [0.15, 0.2) is 42.2 Å². The number of allylic oxidation sites excluding steroid dienone is 2. The summed E-state index contributed by atoms with van der Waals surface area (Å²) in [5, 5.41) is 9.06. The van der Waals surface area contributed by atoms with Gasteiger partial charge in [0.1, 0.15) is 5.60 Å². The molecule has 3 aliphatic carbocycles. The van der Waals surface area contributed by atoms with Gasteiger partial charge in [-0.3, -0.25) is 4.79 Å². The lowest BCUT2D eigenvalue weighted by atomic mass is 9.91. The smallest absolute Gasteiger partial charge is 0.374 e. The number of aliphatic hydroxyl groups excluding tert-OH is 1. The number of ether oxygens (including phenoxy) is 2. The Morgan fingerprint density at radius 1 is 0.872 bits per heavy atom. The number of rotatable bonds is 3. The lowest BCUT2D eigenvalue weighted by molar-refractivity contribution is -0.147. The number of hydrogen-bond donors (Lipinski definition) is 1. The molecule has 2 unspecified atom stereocenters. The quantitative estimate of drug-likeness (QED) is 0.399. The Balaban J connectivity index is 0.000000213. The molecule has 2 saturated carbocycles. The van der Waals surface area contributed by atoms with E-state index in [1.807, 2.05) is 32.1 Å². The monoisotopic (exact) mass is 538 g/mol. The van der Waals surface area contributed by atoms with Crippen molar-refractivity contribution in [1.82, 2.24) is 0 Å². The van der Waals surface area contributed by atoms with E-state index >= 15 is 0 Å². The van der Waals surface area contributed by atoms with E-state index in [2.05, 4.69) is 60.6 Å². The predicted molar refractivity (Wildman–Crippen MR) is 157 cm³/mol. The lowest BCUT2D eigenvalue weighted by Gasteiger charge is -2.21. The predicted octanol–water partition coefficient (Wildman–Crippen LogP) is 7.74. The summed E-state index contributed by atoms with van der Waals surface area (Å²) in [5.41, 5.74) is 3.24. The molecule has 1 heterocycles. The van der Waals surface area contributed by atoms with Crippen LogP contribution in [-0.2, 0) is 19.1 Å². The summed E-state index contributed by atoms with van der Waals surface area (Å²) in [6, 6.07) is 8.18. The number of cyclic esters (lactones) is 1. The third kappa shape index (κ3) is 8.79. The number of hydrogen-bond acceptors (Lipinski definition) is 5. The van der Waals surface area contributed by atoms with Crippen LogP contribution in [0.2, 0.25) is 0 Å². The average Bonchev–Trinajstić information content (AvgIpc) is 3.48. The van der Waals surface area contributed by atoms with Gasteiger partial charge in [-0.1, -0.05) is 77.4 Å². The van der Waals surface area contributed by atoms with E-state index in [0.717, 1.165) is 43.2 Å². The van der Waals surface area contributed by atoms with Gasteiger partial charge in [0.05, 0.1) is 17.8 Å². The molecule has 39 heavy (non-hydrogen) atoms. The highest BCUT2D eigenvalue weighted by molar-refractivity contribution is 6.02. The zero-order chi connectivity index (χ0) is 29.2. The second kappa shape index (κ2) is 11.6. The molecule has 4 aliphatic rings. The largest absolute Gasteiger partial charge is 0.483 e. The molecule has 5 nitrogen and oxygen atoms in total. The van der Waals surface area contributed by atoms with Crippen molar-refractivity contribution in [2.75, 3.05) is 0 Å². The van der Waals surface area contributed by atoms with Crippen molar-refractivity contribution < 1.29 is 24.2 Å². The summed E-state index contributed by atoms with van der Waals surface area (Å²) < 4.78 is 11.7. The highest BCUT2D eigenvalue weighted by atomic mass is 16.6. The van der Waals surface area contributed by atoms with Crippen molar-refractivity contribution >= 4 is 17.3 Å². The second-order valence-electron chi connectivity index (χ2n) is 14.6. The van der Waals surface area contributed by atoms with Crippen LogP contribution in [0.3, 0.4) is 0 Å². The summed E-state index contributed by atoms with van der Waals surface area (Å²) in [7, 11) is 0. The molecule has 1 N–H and O–H groups in total. The van der Waals surface area contributed by atoms with Gasteiger partial charge in [0.2, 0.25) is 5.76 Å². The maximum atomic E-state index is 12.4. The van der Waals surface area contributed by atoms with E-state index in [1.54, 1.807) is 6.08 Å². The summed E-state index contributed by atoms with van der Waals surface area (Å²) in [6.45, 7) is 19.0. The number of carbonyl (C=O) groups excluding carboxylic acids is 2. The van der Waals surface area contributed by atoms with Crippen LogP contribution in [0.1, 0.15) is 111 Å². The lowest BCUT2D eigenvalue weighted by Crippen LogP contribution is -2.22. The zero-order valence-corrected chi connectivity index (χ0v) is 25.6. The van der Waals surface area contributed by atoms with E-state index in [9.17, 15) is 9.59 Å². The SMILES string of the molecule is CC1(C)C=CC(=O)C1.CC1(C)CCC(O)C1.Cc1ccc(C2=C(OC3CCC(C)(C)C3)C(=O)OC2(C)C)cc1. The highest BCUT2D eigenvalue weighted by Crippen LogP contribution is 2.44. The fourth-order valence-electron chi connectivity index (χ4n) is 5.93. The molecule has 2 fully saturated rings. The van der Waals surface area contributed by atoms with Crippen LogP contribution < -0.4 is 0 Å². The van der Waals surface area contributed by atoms with Gasteiger partial charge in [0.15, 0.2) is 5.78 Å². The first-order valence-corrected chi connectivity index (χ1v) is 14.5. The summed E-state index contributed by atoms with van der Waals surface area (Å²) >= 11 is 0. The Bertz CT molecular complexity index is 1100. The maximum Gasteiger partial charge on any atom is 0.374 e. The summed E-state index contributed by atoms with van der Waals surface area (Å²) in [6.07, 6.45) is 10.7. The van der Waals surface area contributed by atoms with Crippen LogP contribution >= 0.6 is 0 Å². The van der Waals surface area contributed by atoms with Gasteiger partial charge in [-0.2, -0.15) is 0 Å². The molecular weight excluding hydrogens is 488 g/mol. The van der Waals surface area contributed by atoms with E-state index in [4.69, 9.17) is 14.6 Å². The Morgan fingerprint density at radius 3 is 1.85 bits per heavy atom. The standard InChI is InChI=1S/C20H26O3.C7H14O.C7H10O/c1-13-6-8-14(9-7-13)16-17(18(21)23-20(16,4)5)22-15-10-11-19(2,3)12-15;2*1-7(2)4-3-6(8)5-7/h6-9,15H,10-12H2,1-5H3;6,8H,3-5H2,1-2H3;3-4H,5H2,1-2H3. The maximum absolute atomic E-state index is 12.4. The van der Waals surface area contributed by atoms with Gasteiger partial charge in [0, 0.05) is 6.42 Å². The first-order chi connectivity index (χ1) is 17.9. The first-order valence-electron chi connectivity index (χ1n) is 14.5.